The number of amides is 1. The molecule has 0 aromatic rings. The summed E-state index contributed by atoms with van der Waals surface area (Å²) in [5.74, 6) is 0.0978. The molecule has 6 heteroatoms. The fraction of sp³-hybridized carbons (Fsp3) is 0.933. The topological polar surface area (TPSA) is 75.3 Å². The van der Waals surface area contributed by atoms with Crippen LogP contribution in [0.5, 0.6) is 0 Å². The van der Waals surface area contributed by atoms with Gasteiger partial charge in [0.15, 0.2) is 0 Å². The highest BCUT2D eigenvalue weighted by Crippen LogP contribution is 2.17. The molecule has 124 valence electrons. The number of hydrogen-bond acceptors (Lipinski definition) is 3. The second-order valence-corrected chi connectivity index (χ2v) is 9.39. The van der Waals surface area contributed by atoms with Crippen LogP contribution in [0.2, 0.25) is 0 Å². The van der Waals surface area contributed by atoms with Crippen molar-refractivity contribution in [3.8, 4) is 0 Å². The molecular weight excluding hydrogens is 288 g/mol. The van der Waals surface area contributed by atoms with Gasteiger partial charge in [0.2, 0.25) is 15.9 Å². The van der Waals surface area contributed by atoms with Crippen LogP contribution in [0.25, 0.3) is 0 Å². The van der Waals surface area contributed by atoms with Crippen LogP contribution < -0.4 is 10.0 Å². The summed E-state index contributed by atoms with van der Waals surface area (Å²) < 4.78 is 25.5. The summed E-state index contributed by atoms with van der Waals surface area (Å²) in [6, 6.07) is 0.352. The van der Waals surface area contributed by atoms with Gasteiger partial charge in [0.05, 0.1) is 4.75 Å². The SMILES string of the molecule is CC(C)(C)S(=O)(=O)NCCCCC(=O)NC1CCCCC1. The van der Waals surface area contributed by atoms with E-state index in [1.165, 1.54) is 19.3 Å². The number of rotatable bonds is 7. The molecule has 1 saturated carbocycles. The summed E-state index contributed by atoms with van der Waals surface area (Å²) in [7, 11) is -3.27. The molecule has 0 aliphatic heterocycles. The van der Waals surface area contributed by atoms with Gasteiger partial charge in [0, 0.05) is 19.0 Å². The van der Waals surface area contributed by atoms with Gasteiger partial charge in [-0.15, -0.1) is 0 Å². The predicted molar refractivity (Wildman–Crippen MR) is 85.5 cm³/mol. The van der Waals surface area contributed by atoms with Crippen LogP contribution in [0.1, 0.15) is 72.1 Å². The molecule has 0 spiro atoms. The number of unbranched alkanes of at least 4 members (excludes halogenated alkanes) is 1. The molecule has 1 aliphatic carbocycles. The Labute approximate surface area is 129 Å². The van der Waals surface area contributed by atoms with Crippen molar-refractivity contribution >= 4 is 15.9 Å². The summed E-state index contributed by atoms with van der Waals surface area (Å²) in [4.78, 5) is 11.8. The zero-order chi connectivity index (χ0) is 15.9. The number of carbonyl (C=O) groups is 1. The molecule has 21 heavy (non-hydrogen) atoms. The van der Waals surface area contributed by atoms with Gasteiger partial charge in [-0.05, 0) is 46.5 Å². The molecule has 0 heterocycles. The summed E-state index contributed by atoms with van der Waals surface area (Å²) in [6.07, 6.45) is 7.76. The third kappa shape index (κ3) is 6.78. The van der Waals surface area contributed by atoms with Gasteiger partial charge < -0.3 is 5.32 Å². The van der Waals surface area contributed by atoms with Crippen molar-refractivity contribution in [3.05, 3.63) is 0 Å². The highest BCUT2D eigenvalue weighted by molar-refractivity contribution is 7.90. The number of hydrogen-bond donors (Lipinski definition) is 2. The van der Waals surface area contributed by atoms with Crippen molar-refractivity contribution in [2.24, 2.45) is 0 Å². The van der Waals surface area contributed by atoms with E-state index in [4.69, 9.17) is 0 Å². The van der Waals surface area contributed by atoms with E-state index >= 15 is 0 Å². The van der Waals surface area contributed by atoms with Crippen LogP contribution in [-0.4, -0.2) is 31.7 Å². The first kappa shape index (κ1) is 18.4. The van der Waals surface area contributed by atoms with E-state index < -0.39 is 14.8 Å². The van der Waals surface area contributed by atoms with E-state index in [9.17, 15) is 13.2 Å². The molecule has 5 nitrogen and oxygen atoms in total. The van der Waals surface area contributed by atoms with E-state index in [0.29, 0.717) is 31.8 Å². The highest BCUT2D eigenvalue weighted by atomic mass is 32.2. The van der Waals surface area contributed by atoms with Crippen LogP contribution in [0.4, 0.5) is 0 Å². The van der Waals surface area contributed by atoms with Gasteiger partial charge in [0.25, 0.3) is 0 Å². The van der Waals surface area contributed by atoms with Crippen LogP contribution in [0.15, 0.2) is 0 Å². The van der Waals surface area contributed by atoms with E-state index in [0.717, 1.165) is 12.8 Å². The fourth-order valence-corrected chi connectivity index (χ4v) is 3.23. The van der Waals surface area contributed by atoms with Crippen molar-refractivity contribution in [1.82, 2.24) is 10.0 Å². The lowest BCUT2D eigenvalue weighted by Crippen LogP contribution is -2.39. The fourth-order valence-electron chi connectivity index (χ4n) is 2.38. The number of nitrogens with one attached hydrogen (secondary N) is 2. The predicted octanol–water partition coefficient (Wildman–Crippen LogP) is 2.32. The molecule has 1 fully saturated rings. The van der Waals surface area contributed by atoms with Crippen molar-refractivity contribution in [1.29, 1.82) is 0 Å². The van der Waals surface area contributed by atoms with Crippen LogP contribution in [0.3, 0.4) is 0 Å². The summed E-state index contributed by atoms with van der Waals surface area (Å²) >= 11 is 0. The maximum absolute atomic E-state index is 11.8. The van der Waals surface area contributed by atoms with Gasteiger partial charge in [-0.3, -0.25) is 4.79 Å². The highest BCUT2D eigenvalue weighted by Gasteiger charge is 2.27. The van der Waals surface area contributed by atoms with Gasteiger partial charge in [-0.25, -0.2) is 13.1 Å². The molecule has 0 aromatic carbocycles. The smallest absolute Gasteiger partial charge is 0.220 e. The maximum Gasteiger partial charge on any atom is 0.220 e. The number of carbonyl (C=O) groups excluding carboxylic acids is 1. The molecule has 1 aliphatic rings. The normalized spacial score (nSPS) is 17.7. The molecule has 1 rings (SSSR count). The third-order valence-corrected chi connectivity index (χ3v) is 6.10. The number of sulfonamides is 1. The molecule has 0 bridgehead atoms. The van der Waals surface area contributed by atoms with E-state index in [1.54, 1.807) is 20.8 Å². The monoisotopic (exact) mass is 318 g/mol. The first-order valence-corrected chi connectivity index (χ1v) is 9.49. The molecule has 1 amide bonds. The minimum absolute atomic E-state index is 0.0978. The minimum Gasteiger partial charge on any atom is -0.353 e. The summed E-state index contributed by atoms with van der Waals surface area (Å²) in [5.41, 5.74) is 0. The lowest BCUT2D eigenvalue weighted by atomic mass is 9.95. The van der Waals surface area contributed by atoms with Gasteiger partial charge in [0.1, 0.15) is 0 Å². The Kier molecular flexibility index (Phi) is 7.13. The summed E-state index contributed by atoms with van der Waals surface area (Å²) in [5, 5.41) is 3.07. The van der Waals surface area contributed by atoms with E-state index in [2.05, 4.69) is 10.0 Å². The lowest BCUT2D eigenvalue weighted by molar-refractivity contribution is -0.122. The Hall–Kier alpha value is -0.620. The minimum atomic E-state index is -3.27. The second kappa shape index (κ2) is 8.13. The van der Waals surface area contributed by atoms with Crippen LogP contribution >= 0.6 is 0 Å². The van der Waals surface area contributed by atoms with Gasteiger partial charge >= 0.3 is 0 Å². The Balaban J connectivity index is 2.12. The first-order valence-electron chi connectivity index (χ1n) is 8.01. The second-order valence-electron chi connectivity index (χ2n) is 6.87. The average molecular weight is 318 g/mol. The molecule has 0 radical (unpaired) electrons. The molecule has 0 saturated heterocycles. The third-order valence-electron chi connectivity index (χ3n) is 3.90. The Morgan fingerprint density at radius 1 is 1.10 bits per heavy atom. The zero-order valence-electron chi connectivity index (χ0n) is 13.6. The standard InChI is InChI=1S/C15H30N2O3S/c1-15(2,3)21(19,20)16-12-8-7-11-14(18)17-13-9-5-4-6-10-13/h13,16H,4-12H2,1-3H3,(H,17,18). The zero-order valence-corrected chi connectivity index (χ0v) is 14.4. The molecular formula is C15H30N2O3S. The largest absolute Gasteiger partial charge is 0.353 e. The van der Waals surface area contributed by atoms with E-state index in [1.807, 2.05) is 0 Å². The molecule has 2 N–H and O–H groups in total. The van der Waals surface area contributed by atoms with Gasteiger partial charge in [-0.1, -0.05) is 19.3 Å². The molecule has 0 atom stereocenters. The Morgan fingerprint density at radius 2 is 1.71 bits per heavy atom. The van der Waals surface area contributed by atoms with Crippen LogP contribution in [0, 0.1) is 0 Å². The lowest BCUT2D eigenvalue weighted by Gasteiger charge is -2.22. The van der Waals surface area contributed by atoms with Crippen molar-refractivity contribution in [3.63, 3.8) is 0 Å². The van der Waals surface area contributed by atoms with Crippen molar-refractivity contribution in [2.45, 2.75) is 82.9 Å². The summed E-state index contributed by atoms with van der Waals surface area (Å²) in [6.45, 7) is 5.42. The quantitative estimate of drug-likeness (QED) is 0.707. The van der Waals surface area contributed by atoms with E-state index in [-0.39, 0.29) is 5.91 Å². The Bertz CT molecular complexity index is 421. The maximum atomic E-state index is 11.8. The molecule has 0 unspecified atom stereocenters. The Morgan fingerprint density at radius 3 is 2.29 bits per heavy atom. The average Bonchev–Trinajstić information content (AvgIpc) is 2.38. The first-order chi connectivity index (χ1) is 9.72. The van der Waals surface area contributed by atoms with Crippen LogP contribution in [-0.2, 0) is 14.8 Å². The van der Waals surface area contributed by atoms with Crippen molar-refractivity contribution < 1.29 is 13.2 Å². The van der Waals surface area contributed by atoms with Gasteiger partial charge in [-0.2, -0.15) is 0 Å². The molecule has 0 aromatic heterocycles. The van der Waals surface area contributed by atoms with Crippen molar-refractivity contribution in [2.75, 3.05) is 6.54 Å².